The van der Waals surface area contributed by atoms with Crippen LogP contribution in [0.15, 0.2) is 78.2 Å². The summed E-state index contributed by atoms with van der Waals surface area (Å²) in [5.41, 5.74) is 3.33. The van der Waals surface area contributed by atoms with Crippen molar-refractivity contribution in [3.63, 3.8) is 0 Å². The minimum absolute atomic E-state index is 0.403. The second-order valence-corrected chi connectivity index (χ2v) is 8.69. The van der Waals surface area contributed by atoms with Crippen LogP contribution >= 0.6 is 0 Å². The first-order valence-electron chi connectivity index (χ1n) is 9.68. The smallest absolute Gasteiger partial charge is 0.239 e. The van der Waals surface area contributed by atoms with Gasteiger partial charge in [0.25, 0.3) is 0 Å². The van der Waals surface area contributed by atoms with Crippen molar-refractivity contribution in [1.29, 1.82) is 0 Å². The van der Waals surface area contributed by atoms with E-state index in [0.717, 1.165) is 22.1 Å². The molecule has 160 valence electrons. The average molecular weight is 437 g/mol. The lowest BCUT2D eigenvalue weighted by molar-refractivity contribution is -0.115. The standard InChI is InChI=1S/C24H24N2O4S/c1-18-10-12-20(13-11-18)14-15-31(28,29)25-17-24(27)26-22-8-3-4-9-23(22)30-21-7-5-6-19(2)16-21/h3-16,25H,17H2,1-2H3,(H,26,27)/b15-14+. The van der Waals surface area contributed by atoms with E-state index in [1.165, 1.54) is 6.08 Å². The number of aryl methyl sites for hydroxylation is 2. The minimum atomic E-state index is -3.76. The molecular weight excluding hydrogens is 412 g/mol. The molecule has 31 heavy (non-hydrogen) atoms. The molecule has 0 spiro atoms. The monoisotopic (exact) mass is 436 g/mol. The molecule has 0 heterocycles. The van der Waals surface area contributed by atoms with E-state index < -0.39 is 22.5 Å². The lowest BCUT2D eigenvalue weighted by Crippen LogP contribution is -2.31. The Balaban J connectivity index is 1.60. The summed E-state index contributed by atoms with van der Waals surface area (Å²) < 4.78 is 32.5. The summed E-state index contributed by atoms with van der Waals surface area (Å²) >= 11 is 0. The fourth-order valence-electron chi connectivity index (χ4n) is 2.72. The van der Waals surface area contributed by atoms with E-state index in [9.17, 15) is 13.2 Å². The van der Waals surface area contributed by atoms with E-state index in [1.807, 2.05) is 62.4 Å². The maximum absolute atomic E-state index is 12.3. The number of carbonyl (C=O) groups excluding carboxylic acids is 1. The number of ether oxygens (including phenoxy) is 1. The predicted octanol–water partition coefficient (Wildman–Crippen LogP) is 4.62. The molecule has 0 aliphatic rings. The van der Waals surface area contributed by atoms with E-state index in [0.29, 0.717) is 17.2 Å². The quantitative estimate of drug-likeness (QED) is 0.539. The SMILES string of the molecule is Cc1ccc(/C=C/S(=O)(=O)NCC(=O)Nc2ccccc2Oc2cccc(C)c2)cc1. The molecule has 0 saturated carbocycles. The van der Waals surface area contributed by atoms with Crippen LogP contribution in [0.3, 0.4) is 0 Å². The summed E-state index contributed by atoms with van der Waals surface area (Å²) in [5, 5.41) is 3.72. The van der Waals surface area contributed by atoms with Crippen LogP contribution in [0.5, 0.6) is 11.5 Å². The van der Waals surface area contributed by atoms with Gasteiger partial charge in [0.2, 0.25) is 15.9 Å². The number of carbonyl (C=O) groups is 1. The molecule has 1 amide bonds. The highest BCUT2D eigenvalue weighted by molar-refractivity contribution is 7.92. The highest BCUT2D eigenvalue weighted by Gasteiger charge is 2.12. The maximum atomic E-state index is 12.3. The number of sulfonamides is 1. The van der Waals surface area contributed by atoms with Crippen molar-refractivity contribution >= 4 is 27.7 Å². The first-order chi connectivity index (χ1) is 14.8. The lowest BCUT2D eigenvalue weighted by Gasteiger charge is -2.12. The number of hydrogen-bond donors (Lipinski definition) is 2. The van der Waals surface area contributed by atoms with Crippen LogP contribution in [0.25, 0.3) is 6.08 Å². The fourth-order valence-corrected chi connectivity index (χ4v) is 3.48. The Labute approximate surface area is 182 Å². The van der Waals surface area contributed by atoms with Crippen LogP contribution in [-0.2, 0) is 14.8 Å². The van der Waals surface area contributed by atoms with Gasteiger partial charge in [-0.3, -0.25) is 4.79 Å². The molecule has 3 rings (SSSR count). The summed E-state index contributed by atoms with van der Waals surface area (Å²) in [4.78, 5) is 12.3. The molecule has 0 aliphatic carbocycles. The van der Waals surface area contributed by atoms with E-state index in [4.69, 9.17) is 4.74 Å². The molecule has 0 bridgehead atoms. The highest BCUT2D eigenvalue weighted by Crippen LogP contribution is 2.29. The number of benzene rings is 3. The Morgan fingerprint density at radius 1 is 0.935 bits per heavy atom. The first-order valence-corrected chi connectivity index (χ1v) is 11.2. The zero-order chi connectivity index (χ0) is 22.3. The number of amides is 1. The molecule has 6 nitrogen and oxygen atoms in total. The summed E-state index contributed by atoms with van der Waals surface area (Å²) in [5.74, 6) is 0.597. The van der Waals surface area contributed by atoms with E-state index in [2.05, 4.69) is 10.0 Å². The molecule has 0 aliphatic heterocycles. The normalized spacial score (nSPS) is 11.4. The number of nitrogens with one attached hydrogen (secondary N) is 2. The van der Waals surface area contributed by atoms with Crippen LogP contribution in [0.1, 0.15) is 16.7 Å². The maximum Gasteiger partial charge on any atom is 0.239 e. The molecule has 2 N–H and O–H groups in total. The molecule has 7 heteroatoms. The van der Waals surface area contributed by atoms with Crippen LogP contribution in [0.2, 0.25) is 0 Å². The van der Waals surface area contributed by atoms with Crippen LogP contribution < -0.4 is 14.8 Å². The van der Waals surface area contributed by atoms with Crippen molar-refractivity contribution in [3.05, 3.63) is 94.9 Å². The van der Waals surface area contributed by atoms with Gasteiger partial charge in [-0.05, 0) is 55.3 Å². The van der Waals surface area contributed by atoms with Crippen LogP contribution in [0.4, 0.5) is 5.69 Å². The van der Waals surface area contributed by atoms with Gasteiger partial charge in [0.15, 0.2) is 5.75 Å². The predicted molar refractivity (Wildman–Crippen MR) is 123 cm³/mol. The Morgan fingerprint density at radius 2 is 1.68 bits per heavy atom. The minimum Gasteiger partial charge on any atom is -0.455 e. The average Bonchev–Trinajstić information content (AvgIpc) is 2.74. The summed E-state index contributed by atoms with van der Waals surface area (Å²) in [7, 11) is -3.76. The van der Waals surface area contributed by atoms with Gasteiger partial charge in [-0.25, -0.2) is 13.1 Å². The van der Waals surface area contributed by atoms with E-state index in [1.54, 1.807) is 24.3 Å². The topological polar surface area (TPSA) is 84.5 Å². The van der Waals surface area contributed by atoms with Crippen LogP contribution in [-0.4, -0.2) is 20.9 Å². The Morgan fingerprint density at radius 3 is 2.42 bits per heavy atom. The Kier molecular flexibility index (Phi) is 7.23. The van der Waals surface area contributed by atoms with E-state index in [-0.39, 0.29) is 0 Å². The molecule has 0 aromatic heterocycles. The van der Waals surface area contributed by atoms with Crippen molar-refractivity contribution < 1.29 is 17.9 Å². The van der Waals surface area contributed by atoms with Gasteiger partial charge in [-0.15, -0.1) is 0 Å². The molecule has 0 fully saturated rings. The number of para-hydroxylation sites is 2. The van der Waals surface area contributed by atoms with Gasteiger partial charge in [0.05, 0.1) is 12.2 Å². The third kappa shape index (κ3) is 7.09. The van der Waals surface area contributed by atoms with Gasteiger partial charge in [-0.2, -0.15) is 0 Å². The number of anilines is 1. The third-order valence-electron chi connectivity index (χ3n) is 4.33. The Bertz CT molecular complexity index is 1190. The van der Waals surface area contributed by atoms with E-state index >= 15 is 0 Å². The molecule has 3 aromatic carbocycles. The fraction of sp³-hybridized carbons (Fsp3) is 0.125. The van der Waals surface area contributed by atoms with Crippen molar-refractivity contribution in [1.82, 2.24) is 4.72 Å². The zero-order valence-corrected chi connectivity index (χ0v) is 18.1. The molecule has 0 saturated heterocycles. The molecule has 3 aromatic rings. The molecule has 0 unspecified atom stereocenters. The molecule has 0 atom stereocenters. The second-order valence-electron chi connectivity index (χ2n) is 7.04. The summed E-state index contributed by atoms with van der Waals surface area (Å²) in [6.45, 7) is 3.51. The number of hydrogen-bond acceptors (Lipinski definition) is 4. The lowest BCUT2D eigenvalue weighted by atomic mass is 10.2. The van der Waals surface area contributed by atoms with Gasteiger partial charge in [-0.1, -0.05) is 54.1 Å². The molecular formula is C24H24N2O4S. The third-order valence-corrected chi connectivity index (χ3v) is 5.37. The van der Waals surface area contributed by atoms with Gasteiger partial charge in [0, 0.05) is 5.41 Å². The molecule has 0 radical (unpaired) electrons. The van der Waals surface area contributed by atoms with Gasteiger partial charge >= 0.3 is 0 Å². The Hall–Kier alpha value is -3.42. The number of rotatable bonds is 8. The zero-order valence-electron chi connectivity index (χ0n) is 17.3. The van der Waals surface area contributed by atoms with Gasteiger partial charge < -0.3 is 10.1 Å². The second kappa shape index (κ2) is 10.1. The van der Waals surface area contributed by atoms with Crippen molar-refractivity contribution in [2.75, 3.05) is 11.9 Å². The van der Waals surface area contributed by atoms with Crippen molar-refractivity contribution in [2.24, 2.45) is 0 Å². The van der Waals surface area contributed by atoms with Crippen molar-refractivity contribution in [3.8, 4) is 11.5 Å². The first kappa shape index (κ1) is 22.3. The van der Waals surface area contributed by atoms with Gasteiger partial charge in [0.1, 0.15) is 5.75 Å². The summed E-state index contributed by atoms with van der Waals surface area (Å²) in [6.07, 6.45) is 1.48. The summed E-state index contributed by atoms with van der Waals surface area (Å²) in [6, 6.07) is 21.9. The van der Waals surface area contributed by atoms with Crippen molar-refractivity contribution in [2.45, 2.75) is 13.8 Å². The van der Waals surface area contributed by atoms with Crippen LogP contribution in [0, 0.1) is 13.8 Å². The highest BCUT2D eigenvalue weighted by atomic mass is 32.2. The largest absolute Gasteiger partial charge is 0.455 e.